The lowest BCUT2D eigenvalue weighted by molar-refractivity contribution is -0.00543. The lowest BCUT2D eigenvalue weighted by Crippen LogP contribution is -2.46. The molecule has 0 radical (unpaired) electrons. The average Bonchev–Trinajstić information content (AvgIpc) is 2.27. The average molecular weight is 237 g/mol. The zero-order chi connectivity index (χ0) is 12.4. The fourth-order valence-electron chi connectivity index (χ4n) is 2.32. The van der Waals surface area contributed by atoms with Gasteiger partial charge in [0.2, 0.25) is 0 Å². The summed E-state index contributed by atoms with van der Waals surface area (Å²) in [7, 11) is 0. The second-order valence-electron chi connectivity index (χ2n) is 4.46. The number of ether oxygens (including phenoxy) is 1. The number of nitrogens with zero attached hydrogens (tertiary/aromatic N) is 1. The first kappa shape index (κ1) is 12.0. The smallest absolute Gasteiger partial charge is 0.152 e. The van der Waals surface area contributed by atoms with Gasteiger partial charge >= 0.3 is 0 Å². The maximum Gasteiger partial charge on any atom is 0.152 e. The predicted octanol–water partition coefficient (Wildman–Crippen LogP) is 2.25. The van der Waals surface area contributed by atoms with E-state index < -0.39 is 0 Å². The van der Waals surface area contributed by atoms with E-state index in [1.807, 2.05) is 18.7 Å². The number of hydrogen-bond acceptors (Lipinski definition) is 3. The van der Waals surface area contributed by atoms with Crippen molar-refractivity contribution in [3.05, 3.63) is 29.6 Å². The Kier molecular flexibility index (Phi) is 3.43. The first-order valence-corrected chi connectivity index (χ1v) is 5.76. The molecule has 2 rings (SSSR count). The topological polar surface area (TPSA) is 29.5 Å². The molecule has 0 aliphatic carbocycles. The summed E-state index contributed by atoms with van der Waals surface area (Å²) in [4.78, 5) is 12.8. The fraction of sp³-hybridized carbons (Fsp3) is 0.462. The Morgan fingerprint density at radius 1 is 1.35 bits per heavy atom. The van der Waals surface area contributed by atoms with E-state index in [2.05, 4.69) is 0 Å². The Morgan fingerprint density at radius 2 is 2.00 bits per heavy atom. The molecule has 1 aromatic rings. The van der Waals surface area contributed by atoms with Crippen molar-refractivity contribution in [1.82, 2.24) is 0 Å². The van der Waals surface area contributed by atoms with Crippen LogP contribution in [0.3, 0.4) is 0 Å². The molecular formula is C13H16FNO2. The molecule has 0 bridgehead atoms. The van der Waals surface area contributed by atoms with Crippen molar-refractivity contribution in [3.8, 4) is 0 Å². The van der Waals surface area contributed by atoms with E-state index in [0.29, 0.717) is 30.6 Å². The van der Waals surface area contributed by atoms with Gasteiger partial charge in [0.1, 0.15) is 5.82 Å². The van der Waals surface area contributed by atoms with Crippen LogP contribution in [0.25, 0.3) is 0 Å². The molecule has 0 amide bonds. The third-order valence-electron chi connectivity index (χ3n) is 2.88. The molecule has 2 atom stereocenters. The zero-order valence-corrected chi connectivity index (χ0v) is 10.0. The minimum absolute atomic E-state index is 0.0397. The van der Waals surface area contributed by atoms with Gasteiger partial charge in [-0.2, -0.15) is 0 Å². The van der Waals surface area contributed by atoms with Gasteiger partial charge in [0.15, 0.2) is 6.29 Å². The summed E-state index contributed by atoms with van der Waals surface area (Å²) < 4.78 is 19.4. The second kappa shape index (κ2) is 4.84. The predicted molar refractivity (Wildman–Crippen MR) is 64.0 cm³/mol. The van der Waals surface area contributed by atoms with Crippen LogP contribution in [0.2, 0.25) is 0 Å². The summed E-state index contributed by atoms with van der Waals surface area (Å²) >= 11 is 0. The van der Waals surface area contributed by atoms with Crippen molar-refractivity contribution in [2.75, 3.05) is 18.0 Å². The number of carbonyl (C=O) groups excluding carboxylic acids is 1. The van der Waals surface area contributed by atoms with E-state index in [9.17, 15) is 9.18 Å². The van der Waals surface area contributed by atoms with Gasteiger partial charge in [0.05, 0.1) is 17.9 Å². The van der Waals surface area contributed by atoms with Gasteiger partial charge in [-0.05, 0) is 26.0 Å². The molecule has 0 spiro atoms. The highest BCUT2D eigenvalue weighted by molar-refractivity contribution is 5.84. The maximum atomic E-state index is 13.8. The molecule has 3 nitrogen and oxygen atoms in total. The first-order valence-electron chi connectivity index (χ1n) is 5.76. The molecule has 1 heterocycles. The lowest BCUT2D eigenvalue weighted by Gasteiger charge is -2.37. The second-order valence-corrected chi connectivity index (χ2v) is 4.46. The Hall–Kier alpha value is -1.42. The Balaban J connectivity index is 2.35. The van der Waals surface area contributed by atoms with Gasteiger partial charge in [-0.15, -0.1) is 0 Å². The number of halogens is 1. The van der Waals surface area contributed by atoms with Gasteiger partial charge in [0, 0.05) is 18.7 Å². The number of aldehydes is 1. The summed E-state index contributed by atoms with van der Waals surface area (Å²) in [6.45, 7) is 5.10. The molecule has 0 N–H and O–H groups in total. The summed E-state index contributed by atoms with van der Waals surface area (Å²) in [6.07, 6.45) is 0.777. The third-order valence-corrected chi connectivity index (χ3v) is 2.88. The van der Waals surface area contributed by atoms with Crippen molar-refractivity contribution in [2.24, 2.45) is 0 Å². The highest BCUT2D eigenvalue weighted by atomic mass is 19.1. The molecule has 1 fully saturated rings. The number of anilines is 1. The number of hydrogen-bond donors (Lipinski definition) is 0. The fourth-order valence-corrected chi connectivity index (χ4v) is 2.32. The molecule has 17 heavy (non-hydrogen) atoms. The number of rotatable bonds is 2. The SMILES string of the molecule is C[C@@H]1CN(c2c(F)cccc2C=O)C[C@H](C)O1. The van der Waals surface area contributed by atoms with E-state index in [1.165, 1.54) is 6.07 Å². The molecular weight excluding hydrogens is 221 g/mol. The van der Waals surface area contributed by atoms with Gasteiger partial charge in [0.25, 0.3) is 0 Å². The van der Waals surface area contributed by atoms with Crippen molar-refractivity contribution in [3.63, 3.8) is 0 Å². The van der Waals surface area contributed by atoms with Crippen molar-refractivity contribution >= 4 is 12.0 Å². The molecule has 0 saturated carbocycles. The van der Waals surface area contributed by atoms with Gasteiger partial charge in [-0.3, -0.25) is 4.79 Å². The van der Waals surface area contributed by atoms with Crippen LogP contribution in [0.15, 0.2) is 18.2 Å². The van der Waals surface area contributed by atoms with Crippen molar-refractivity contribution in [1.29, 1.82) is 0 Å². The summed E-state index contributed by atoms with van der Waals surface area (Å²) in [5.74, 6) is -0.351. The number of benzene rings is 1. The van der Waals surface area contributed by atoms with Crippen LogP contribution in [0.1, 0.15) is 24.2 Å². The van der Waals surface area contributed by atoms with Crippen molar-refractivity contribution in [2.45, 2.75) is 26.1 Å². The van der Waals surface area contributed by atoms with E-state index in [-0.39, 0.29) is 18.0 Å². The van der Waals surface area contributed by atoms with E-state index >= 15 is 0 Å². The number of carbonyl (C=O) groups is 1. The normalized spacial score (nSPS) is 24.8. The first-order chi connectivity index (χ1) is 8.11. The minimum atomic E-state index is -0.351. The monoisotopic (exact) mass is 237 g/mol. The van der Waals surface area contributed by atoms with Crippen LogP contribution >= 0.6 is 0 Å². The summed E-state index contributed by atoms with van der Waals surface area (Å²) in [5, 5.41) is 0. The highest BCUT2D eigenvalue weighted by Gasteiger charge is 2.25. The number of morpholine rings is 1. The van der Waals surface area contributed by atoms with Crippen LogP contribution in [0.4, 0.5) is 10.1 Å². The quantitative estimate of drug-likeness (QED) is 0.739. The number of para-hydroxylation sites is 1. The Bertz CT molecular complexity index is 412. The molecule has 1 aliphatic rings. The molecule has 0 unspecified atom stereocenters. The van der Waals surface area contributed by atoms with Crippen LogP contribution in [0, 0.1) is 5.82 Å². The van der Waals surface area contributed by atoms with Gasteiger partial charge in [-0.1, -0.05) is 6.07 Å². The molecule has 0 aromatic heterocycles. The Morgan fingerprint density at radius 3 is 2.59 bits per heavy atom. The lowest BCUT2D eigenvalue weighted by atomic mass is 10.1. The largest absolute Gasteiger partial charge is 0.372 e. The minimum Gasteiger partial charge on any atom is -0.372 e. The van der Waals surface area contributed by atoms with Crippen LogP contribution < -0.4 is 4.90 Å². The molecule has 4 heteroatoms. The zero-order valence-electron chi connectivity index (χ0n) is 10.0. The molecule has 1 aromatic carbocycles. The maximum absolute atomic E-state index is 13.8. The highest BCUT2D eigenvalue weighted by Crippen LogP contribution is 2.26. The molecule has 1 saturated heterocycles. The van der Waals surface area contributed by atoms with Crippen LogP contribution in [-0.2, 0) is 4.74 Å². The molecule has 92 valence electrons. The Labute approximate surface area is 100 Å². The van der Waals surface area contributed by atoms with E-state index in [1.54, 1.807) is 12.1 Å². The molecule has 1 aliphatic heterocycles. The van der Waals surface area contributed by atoms with E-state index in [0.717, 1.165) is 0 Å². The van der Waals surface area contributed by atoms with E-state index in [4.69, 9.17) is 4.74 Å². The third kappa shape index (κ3) is 2.47. The van der Waals surface area contributed by atoms with Crippen molar-refractivity contribution < 1.29 is 13.9 Å². The van der Waals surface area contributed by atoms with Gasteiger partial charge in [-0.25, -0.2) is 4.39 Å². The van der Waals surface area contributed by atoms with Crippen LogP contribution in [-0.4, -0.2) is 31.6 Å². The van der Waals surface area contributed by atoms with Crippen LogP contribution in [0.5, 0.6) is 0 Å². The van der Waals surface area contributed by atoms with Gasteiger partial charge < -0.3 is 9.64 Å². The standard InChI is InChI=1S/C13H16FNO2/c1-9-6-15(7-10(2)17-9)13-11(8-16)4-3-5-12(13)14/h3-5,8-10H,6-7H2,1-2H3/t9-,10+. The summed E-state index contributed by atoms with van der Waals surface area (Å²) in [6, 6.07) is 4.57. The summed E-state index contributed by atoms with van der Waals surface area (Å²) in [5.41, 5.74) is 0.788.